The molecule has 5 rings (SSSR count). The standard InChI is InChI=1S/C27H29ClF3N5O4/c1-26(2,25(38)39)36-11-17(21(34-36)23(30)31)27(40)9-14-6-13(7-15(14)10-27)20-22(35(3)12-32-20)24(37)33-16-4-5-19(29)18(28)8-16/h4-5,8,11-15,23,40H,6-7,9-10H2,1-3H3,(H,33,37)(H,38,39). The summed E-state index contributed by atoms with van der Waals surface area (Å²) in [6.07, 6.45) is 1.38. The van der Waals surface area contributed by atoms with Crippen LogP contribution in [-0.4, -0.2) is 41.4 Å². The molecule has 13 heteroatoms. The number of halogens is 4. The first kappa shape index (κ1) is 28.2. The van der Waals surface area contributed by atoms with Crippen LogP contribution in [0.3, 0.4) is 0 Å². The molecule has 1 aromatic carbocycles. The van der Waals surface area contributed by atoms with Gasteiger partial charge in [0, 0.05) is 30.4 Å². The van der Waals surface area contributed by atoms with Crippen LogP contribution in [0.5, 0.6) is 0 Å². The summed E-state index contributed by atoms with van der Waals surface area (Å²) in [6, 6.07) is 3.88. The van der Waals surface area contributed by atoms with Gasteiger partial charge < -0.3 is 20.1 Å². The van der Waals surface area contributed by atoms with Gasteiger partial charge in [-0.15, -0.1) is 0 Å². The smallest absolute Gasteiger partial charge is 0.331 e. The monoisotopic (exact) mass is 579 g/mol. The van der Waals surface area contributed by atoms with Crippen molar-refractivity contribution in [3.8, 4) is 0 Å². The number of aliphatic hydroxyl groups is 1. The number of rotatable bonds is 7. The van der Waals surface area contributed by atoms with Crippen LogP contribution in [0.2, 0.25) is 5.02 Å². The lowest BCUT2D eigenvalue weighted by Gasteiger charge is -2.25. The molecule has 2 unspecified atom stereocenters. The van der Waals surface area contributed by atoms with E-state index in [-0.39, 0.29) is 41.2 Å². The number of aromatic nitrogens is 4. The highest BCUT2D eigenvalue weighted by Gasteiger charge is 2.52. The third kappa shape index (κ3) is 4.77. The van der Waals surface area contributed by atoms with Gasteiger partial charge in [0.2, 0.25) is 0 Å². The van der Waals surface area contributed by atoms with E-state index in [0.717, 1.165) is 10.7 Å². The zero-order valence-electron chi connectivity index (χ0n) is 22.0. The number of nitrogens with one attached hydrogen (secondary N) is 1. The summed E-state index contributed by atoms with van der Waals surface area (Å²) >= 11 is 5.84. The van der Waals surface area contributed by atoms with E-state index in [4.69, 9.17) is 11.6 Å². The highest BCUT2D eigenvalue weighted by Crippen LogP contribution is 2.57. The first-order valence-corrected chi connectivity index (χ1v) is 13.2. The van der Waals surface area contributed by atoms with Crippen LogP contribution < -0.4 is 5.32 Å². The largest absolute Gasteiger partial charge is 0.479 e. The zero-order chi connectivity index (χ0) is 29.1. The van der Waals surface area contributed by atoms with Crippen LogP contribution in [-0.2, 0) is 23.0 Å². The minimum absolute atomic E-state index is 0.0230. The summed E-state index contributed by atoms with van der Waals surface area (Å²) in [5.41, 5.74) is -2.54. The fourth-order valence-electron chi connectivity index (χ4n) is 6.19. The van der Waals surface area contributed by atoms with E-state index in [2.05, 4.69) is 15.4 Å². The van der Waals surface area contributed by atoms with Crippen molar-refractivity contribution >= 4 is 29.2 Å². The van der Waals surface area contributed by atoms with Crippen LogP contribution in [0.4, 0.5) is 18.9 Å². The number of fused-ring (bicyclic) bond motifs is 1. The number of benzene rings is 1. The van der Waals surface area contributed by atoms with E-state index in [1.807, 2.05) is 0 Å². The second kappa shape index (κ2) is 9.91. The van der Waals surface area contributed by atoms with Crippen LogP contribution in [0.1, 0.15) is 79.3 Å². The normalized spacial score (nSPS) is 24.5. The molecule has 2 aromatic heterocycles. The maximum atomic E-state index is 13.9. The zero-order valence-corrected chi connectivity index (χ0v) is 22.8. The van der Waals surface area contributed by atoms with Gasteiger partial charge in [0.15, 0.2) is 5.54 Å². The van der Waals surface area contributed by atoms with Gasteiger partial charge in [0.1, 0.15) is 17.2 Å². The van der Waals surface area contributed by atoms with Gasteiger partial charge in [-0.2, -0.15) is 5.10 Å². The van der Waals surface area contributed by atoms with Crippen LogP contribution in [0.25, 0.3) is 0 Å². The molecule has 214 valence electrons. The number of anilines is 1. The first-order chi connectivity index (χ1) is 18.7. The molecule has 0 bridgehead atoms. The Labute approximate surface area is 233 Å². The van der Waals surface area contributed by atoms with Crippen molar-refractivity contribution in [1.29, 1.82) is 0 Å². The summed E-state index contributed by atoms with van der Waals surface area (Å²) in [5.74, 6) is -2.41. The average Bonchev–Trinajstić information content (AvgIpc) is 3.62. The molecule has 2 fully saturated rings. The summed E-state index contributed by atoms with van der Waals surface area (Å²) in [6.45, 7) is 2.70. The molecule has 2 heterocycles. The minimum Gasteiger partial charge on any atom is -0.479 e. The molecule has 2 aliphatic carbocycles. The number of carboxylic acids is 1. The molecule has 0 spiro atoms. The Balaban J connectivity index is 1.35. The van der Waals surface area contributed by atoms with Crippen molar-refractivity contribution in [2.45, 2.75) is 63.0 Å². The van der Waals surface area contributed by atoms with Crippen molar-refractivity contribution in [2.75, 3.05) is 5.32 Å². The Bertz CT molecular complexity index is 1470. The number of amides is 1. The Kier molecular flexibility index (Phi) is 6.98. The number of carbonyl (C=O) groups is 2. The van der Waals surface area contributed by atoms with Crippen LogP contribution in [0.15, 0.2) is 30.7 Å². The number of carboxylic acid groups (broad SMARTS) is 1. The summed E-state index contributed by atoms with van der Waals surface area (Å²) in [5, 5.41) is 27.6. The average molecular weight is 580 g/mol. The summed E-state index contributed by atoms with van der Waals surface area (Å²) < 4.78 is 44.0. The molecule has 1 amide bonds. The molecule has 0 saturated heterocycles. The number of imidazole rings is 1. The molecule has 2 atom stereocenters. The molecular weight excluding hydrogens is 551 g/mol. The van der Waals surface area contributed by atoms with Crippen molar-refractivity contribution in [3.63, 3.8) is 0 Å². The second-order valence-electron chi connectivity index (χ2n) is 11.3. The second-order valence-corrected chi connectivity index (χ2v) is 11.7. The van der Waals surface area contributed by atoms with E-state index >= 15 is 0 Å². The van der Waals surface area contributed by atoms with Gasteiger partial charge in [-0.1, -0.05) is 11.6 Å². The molecule has 3 N–H and O–H groups in total. The number of carbonyl (C=O) groups excluding carboxylic acids is 1. The lowest BCUT2D eigenvalue weighted by molar-refractivity contribution is -0.146. The van der Waals surface area contributed by atoms with Gasteiger partial charge in [0.05, 0.1) is 22.6 Å². The quantitative estimate of drug-likeness (QED) is 0.353. The lowest BCUT2D eigenvalue weighted by atomic mass is 9.87. The minimum atomic E-state index is -2.98. The van der Waals surface area contributed by atoms with Crippen molar-refractivity contribution in [3.05, 3.63) is 64.2 Å². The van der Waals surface area contributed by atoms with Crippen LogP contribution in [0, 0.1) is 17.7 Å². The highest BCUT2D eigenvalue weighted by atomic mass is 35.5. The Hall–Kier alpha value is -3.38. The Morgan fingerprint density at radius 3 is 2.45 bits per heavy atom. The van der Waals surface area contributed by atoms with E-state index in [9.17, 15) is 33.0 Å². The van der Waals surface area contributed by atoms with Gasteiger partial charge in [-0.05, 0) is 69.6 Å². The molecule has 3 aromatic rings. The van der Waals surface area contributed by atoms with E-state index in [0.29, 0.717) is 29.9 Å². The van der Waals surface area contributed by atoms with E-state index in [1.54, 1.807) is 17.9 Å². The number of alkyl halides is 2. The molecule has 0 aliphatic heterocycles. The van der Waals surface area contributed by atoms with Crippen molar-refractivity contribution in [1.82, 2.24) is 19.3 Å². The molecule has 9 nitrogen and oxygen atoms in total. The van der Waals surface area contributed by atoms with Crippen molar-refractivity contribution < 1.29 is 33.0 Å². The molecule has 2 aliphatic rings. The van der Waals surface area contributed by atoms with E-state index in [1.165, 1.54) is 32.2 Å². The first-order valence-electron chi connectivity index (χ1n) is 12.8. The molecule has 2 saturated carbocycles. The number of aryl methyl sites for hydroxylation is 1. The van der Waals surface area contributed by atoms with Gasteiger partial charge in [-0.3, -0.25) is 9.48 Å². The summed E-state index contributed by atoms with van der Waals surface area (Å²) in [4.78, 5) is 29.3. The lowest BCUT2D eigenvalue weighted by Crippen LogP contribution is -2.36. The number of aliphatic carboxylic acids is 1. The predicted molar refractivity (Wildman–Crippen MR) is 139 cm³/mol. The van der Waals surface area contributed by atoms with Crippen LogP contribution >= 0.6 is 11.6 Å². The third-order valence-electron chi connectivity index (χ3n) is 8.33. The maximum Gasteiger partial charge on any atom is 0.331 e. The summed E-state index contributed by atoms with van der Waals surface area (Å²) in [7, 11) is 1.69. The van der Waals surface area contributed by atoms with Gasteiger partial charge >= 0.3 is 5.97 Å². The Morgan fingerprint density at radius 2 is 1.88 bits per heavy atom. The fourth-order valence-corrected chi connectivity index (χ4v) is 6.37. The third-order valence-corrected chi connectivity index (χ3v) is 8.62. The number of hydrogen-bond donors (Lipinski definition) is 3. The van der Waals surface area contributed by atoms with Gasteiger partial charge in [-0.25, -0.2) is 22.9 Å². The highest BCUT2D eigenvalue weighted by molar-refractivity contribution is 6.31. The fraction of sp³-hybridized carbons (Fsp3) is 0.481. The molecule has 40 heavy (non-hydrogen) atoms. The number of nitrogens with zero attached hydrogens (tertiary/aromatic N) is 4. The predicted octanol–water partition coefficient (Wildman–Crippen LogP) is 5.21. The number of hydrogen-bond acceptors (Lipinski definition) is 5. The molecular formula is C27H29ClF3N5O4. The molecule has 0 radical (unpaired) electrons. The Morgan fingerprint density at radius 1 is 1.23 bits per heavy atom. The SMILES string of the molecule is Cn1cnc(C2CC3CC(O)(c4cn(C(C)(C)C(=O)O)nc4C(F)F)CC3C2)c1C(=O)Nc1ccc(F)c(Cl)c1. The topological polar surface area (TPSA) is 122 Å². The maximum absolute atomic E-state index is 13.9. The van der Waals surface area contributed by atoms with E-state index < -0.39 is 41.0 Å². The van der Waals surface area contributed by atoms with Crippen molar-refractivity contribution in [2.24, 2.45) is 18.9 Å². The van der Waals surface area contributed by atoms with Gasteiger partial charge in [0.25, 0.3) is 12.3 Å².